The molecule has 0 spiro atoms. The second-order valence-electron chi connectivity index (χ2n) is 2.93. The Morgan fingerprint density at radius 1 is 1.40 bits per heavy atom. The third kappa shape index (κ3) is 2.48. The Morgan fingerprint density at radius 3 is 2.73 bits per heavy atom. The van der Waals surface area contributed by atoms with Crippen molar-refractivity contribution in [2.45, 2.75) is 23.8 Å². The Hall–Kier alpha value is -1.08. The van der Waals surface area contributed by atoms with E-state index >= 15 is 0 Å². The molecule has 0 atom stereocenters. The number of hydrogen-bond donors (Lipinski definition) is 1. The lowest BCUT2D eigenvalue weighted by Gasteiger charge is -1.93. The Morgan fingerprint density at radius 2 is 2.20 bits per heavy atom. The Kier molecular flexibility index (Phi) is 2.92. The van der Waals surface area contributed by atoms with E-state index in [4.69, 9.17) is 10.2 Å². The second kappa shape index (κ2) is 4.19. The topological polar surface area (TPSA) is 77.8 Å². The number of rotatable bonds is 3. The van der Waals surface area contributed by atoms with Crippen LogP contribution in [0.15, 0.2) is 8.63 Å². The lowest BCUT2D eigenvalue weighted by molar-refractivity contribution is 0.485. The van der Waals surface area contributed by atoms with Crippen LogP contribution in [0.25, 0.3) is 0 Å². The first-order valence-electron chi connectivity index (χ1n) is 4.30. The summed E-state index contributed by atoms with van der Waals surface area (Å²) in [5.41, 5.74) is 6.55. The average molecular weight is 242 g/mol. The summed E-state index contributed by atoms with van der Waals surface area (Å²) in [5, 5.41) is 8.27. The zero-order chi connectivity index (χ0) is 10.8. The summed E-state index contributed by atoms with van der Waals surface area (Å²) in [6.07, 6.45) is 0. The number of anilines is 1. The molecule has 0 aliphatic carbocycles. The Bertz CT molecular complexity index is 465. The molecule has 15 heavy (non-hydrogen) atoms. The number of hydrogen-bond acceptors (Lipinski definition) is 7. The molecule has 0 saturated heterocycles. The predicted molar refractivity (Wildman–Crippen MR) is 59.9 cm³/mol. The van der Waals surface area contributed by atoms with Gasteiger partial charge in [0.25, 0.3) is 0 Å². The molecule has 5 nitrogen and oxygen atoms in total. The van der Waals surface area contributed by atoms with Crippen LogP contribution in [0.5, 0.6) is 0 Å². The minimum atomic E-state index is 0.589. The van der Waals surface area contributed by atoms with Gasteiger partial charge >= 0.3 is 0 Å². The zero-order valence-electron chi connectivity index (χ0n) is 8.35. The van der Waals surface area contributed by atoms with Gasteiger partial charge in [0.05, 0.1) is 15.7 Å². The molecular weight excluding hydrogens is 232 g/mol. The first-order valence-corrected chi connectivity index (χ1v) is 6.10. The highest BCUT2D eigenvalue weighted by Crippen LogP contribution is 2.32. The van der Waals surface area contributed by atoms with Crippen LogP contribution in [0.3, 0.4) is 0 Å². The SMILES string of the molecule is Cc1nnc(CSc2sc(N)nc2C)o1. The molecule has 2 aromatic rings. The van der Waals surface area contributed by atoms with Crippen LogP contribution in [-0.4, -0.2) is 15.2 Å². The van der Waals surface area contributed by atoms with Crippen LogP contribution in [0.4, 0.5) is 5.13 Å². The molecule has 2 rings (SSSR count). The number of nitrogens with two attached hydrogens (primary N) is 1. The minimum Gasteiger partial charge on any atom is -0.425 e. The Labute approximate surface area is 95.1 Å². The number of nitrogens with zero attached hydrogens (tertiary/aromatic N) is 3. The number of thioether (sulfide) groups is 1. The third-order valence-corrected chi connectivity index (χ3v) is 4.00. The molecule has 2 aromatic heterocycles. The van der Waals surface area contributed by atoms with Crippen molar-refractivity contribution in [3.05, 3.63) is 17.5 Å². The monoisotopic (exact) mass is 242 g/mol. The van der Waals surface area contributed by atoms with E-state index in [-0.39, 0.29) is 0 Å². The summed E-state index contributed by atoms with van der Waals surface area (Å²) in [7, 11) is 0. The summed E-state index contributed by atoms with van der Waals surface area (Å²) >= 11 is 3.09. The van der Waals surface area contributed by atoms with E-state index in [1.54, 1.807) is 18.7 Å². The summed E-state index contributed by atoms with van der Waals surface area (Å²) in [6, 6.07) is 0. The largest absolute Gasteiger partial charge is 0.425 e. The fraction of sp³-hybridized carbons (Fsp3) is 0.375. The highest BCUT2D eigenvalue weighted by atomic mass is 32.2. The molecule has 0 aliphatic heterocycles. The van der Waals surface area contributed by atoms with Crippen LogP contribution < -0.4 is 5.73 Å². The normalized spacial score (nSPS) is 10.8. The van der Waals surface area contributed by atoms with Crippen molar-refractivity contribution in [3.8, 4) is 0 Å². The molecule has 2 heterocycles. The van der Waals surface area contributed by atoms with Crippen molar-refractivity contribution in [1.29, 1.82) is 0 Å². The highest BCUT2D eigenvalue weighted by Gasteiger charge is 2.08. The van der Waals surface area contributed by atoms with E-state index in [9.17, 15) is 0 Å². The number of aryl methyl sites for hydroxylation is 2. The second-order valence-corrected chi connectivity index (χ2v) is 5.20. The molecule has 0 aromatic carbocycles. The maximum absolute atomic E-state index is 5.60. The molecule has 0 amide bonds. The van der Waals surface area contributed by atoms with Crippen molar-refractivity contribution in [1.82, 2.24) is 15.2 Å². The van der Waals surface area contributed by atoms with Gasteiger partial charge in [0, 0.05) is 6.92 Å². The van der Waals surface area contributed by atoms with E-state index < -0.39 is 0 Å². The number of thiazole rings is 1. The van der Waals surface area contributed by atoms with Crippen LogP contribution in [0, 0.1) is 13.8 Å². The molecule has 80 valence electrons. The minimum absolute atomic E-state index is 0.589. The molecule has 0 unspecified atom stereocenters. The van der Waals surface area contributed by atoms with Gasteiger partial charge in [-0.2, -0.15) is 0 Å². The van der Waals surface area contributed by atoms with Crippen LogP contribution in [0.1, 0.15) is 17.5 Å². The lowest BCUT2D eigenvalue weighted by Crippen LogP contribution is -1.81. The van der Waals surface area contributed by atoms with Crippen LogP contribution in [0.2, 0.25) is 0 Å². The molecule has 0 bridgehead atoms. The Balaban J connectivity index is 2.01. The average Bonchev–Trinajstić information content (AvgIpc) is 2.70. The van der Waals surface area contributed by atoms with Gasteiger partial charge in [0.2, 0.25) is 11.8 Å². The van der Waals surface area contributed by atoms with Crippen molar-refractivity contribution >= 4 is 28.2 Å². The summed E-state index contributed by atoms with van der Waals surface area (Å²) < 4.78 is 6.36. The van der Waals surface area contributed by atoms with E-state index in [1.165, 1.54) is 11.3 Å². The van der Waals surface area contributed by atoms with E-state index in [1.807, 2.05) is 6.92 Å². The maximum Gasteiger partial charge on any atom is 0.226 e. The third-order valence-electron chi connectivity index (χ3n) is 1.67. The fourth-order valence-electron chi connectivity index (χ4n) is 1.06. The molecule has 0 aliphatic rings. The van der Waals surface area contributed by atoms with Gasteiger partial charge in [0.15, 0.2) is 5.13 Å². The fourth-order valence-corrected chi connectivity index (χ4v) is 2.92. The van der Waals surface area contributed by atoms with Gasteiger partial charge in [-0.25, -0.2) is 4.98 Å². The van der Waals surface area contributed by atoms with Crippen molar-refractivity contribution in [3.63, 3.8) is 0 Å². The van der Waals surface area contributed by atoms with Gasteiger partial charge in [-0.15, -0.1) is 22.0 Å². The van der Waals surface area contributed by atoms with E-state index in [2.05, 4.69) is 15.2 Å². The van der Waals surface area contributed by atoms with Gasteiger partial charge in [-0.05, 0) is 6.92 Å². The van der Waals surface area contributed by atoms with Crippen LogP contribution >= 0.6 is 23.1 Å². The van der Waals surface area contributed by atoms with Crippen molar-refractivity contribution in [2.24, 2.45) is 0 Å². The molecule has 0 saturated carbocycles. The number of nitrogen functional groups attached to an aromatic ring is 1. The van der Waals surface area contributed by atoms with E-state index in [0.717, 1.165) is 9.90 Å². The molecular formula is C8H10N4OS2. The van der Waals surface area contributed by atoms with Crippen LogP contribution in [-0.2, 0) is 5.75 Å². The molecule has 0 radical (unpaired) electrons. The zero-order valence-corrected chi connectivity index (χ0v) is 9.98. The smallest absolute Gasteiger partial charge is 0.226 e. The van der Waals surface area contributed by atoms with Gasteiger partial charge < -0.3 is 10.2 Å². The predicted octanol–water partition coefficient (Wildman–Crippen LogP) is 2.02. The first-order chi connectivity index (χ1) is 7.15. The van der Waals surface area contributed by atoms with Crippen molar-refractivity contribution in [2.75, 3.05) is 5.73 Å². The summed E-state index contributed by atoms with van der Waals surface area (Å²) in [6.45, 7) is 3.71. The lowest BCUT2D eigenvalue weighted by atomic mass is 10.6. The molecule has 2 N–H and O–H groups in total. The number of aromatic nitrogens is 3. The first kappa shape index (κ1) is 10.4. The maximum atomic E-state index is 5.60. The molecule has 0 fully saturated rings. The molecule has 7 heteroatoms. The summed E-state index contributed by atoms with van der Waals surface area (Å²) in [5.74, 6) is 1.87. The van der Waals surface area contributed by atoms with E-state index in [0.29, 0.717) is 22.7 Å². The highest BCUT2D eigenvalue weighted by molar-refractivity contribution is 8.00. The van der Waals surface area contributed by atoms with Gasteiger partial charge in [-0.3, -0.25) is 0 Å². The van der Waals surface area contributed by atoms with Gasteiger partial charge in [0.1, 0.15) is 0 Å². The standard InChI is InChI=1S/C8H10N4OS2/c1-4-7(15-8(9)10-4)14-3-6-12-11-5(2)13-6/h3H2,1-2H3,(H2,9,10). The summed E-state index contributed by atoms with van der Waals surface area (Å²) in [4.78, 5) is 4.14. The van der Waals surface area contributed by atoms with Crippen molar-refractivity contribution < 1.29 is 4.42 Å². The van der Waals surface area contributed by atoms with Gasteiger partial charge in [-0.1, -0.05) is 11.3 Å². The quantitative estimate of drug-likeness (QED) is 0.830.